The maximum atomic E-state index is 11.6. The van der Waals surface area contributed by atoms with Crippen LogP contribution >= 0.6 is 0 Å². The van der Waals surface area contributed by atoms with Gasteiger partial charge in [-0.3, -0.25) is 4.68 Å². The van der Waals surface area contributed by atoms with Crippen molar-refractivity contribution in [1.82, 2.24) is 20.4 Å². The number of nitrogens with zero attached hydrogens (tertiary/aromatic N) is 2. The Kier molecular flexibility index (Phi) is 6.55. The molecule has 0 aromatic carbocycles. The Morgan fingerprint density at radius 3 is 2.80 bits per heavy atom. The summed E-state index contributed by atoms with van der Waals surface area (Å²) in [5.74, 6) is -1.00. The first-order chi connectivity index (χ1) is 9.52. The van der Waals surface area contributed by atoms with E-state index in [4.69, 9.17) is 5.11 Å². The third-order valence-electron chi connectivity index (χ3n) is 2.84. The molecule has 7 heteroatoms. The van der Waals surface area contributed by atoms with Gasteiger partial charge in [-0.25, -0.2) is 9.59 Å². The van der Waals surface area contributed by atoms with Gasteiger partial charge in [0.2, 0.25) is 0 Å². The molecule has 7 nitrogen and oxygen atoms in total. The highest BCUT2D eigenvalue weighted by molar-refractivity contribution is 5.82. The lowest BCUT2D eigenvalue weighted by Crippen LogP contribution is -2.46. The molecular weight excluding hydrogens is 260 g/mol. The number of urea groups is 1. The number of carboxylic acids is 1. The topological polar surface area (TPSA) is 96.3 Å². The molecule has 0 spiro atoms. The van der Waals surface area contributed by atoms with Crippen LogP contribution in [0.15, 0.2) is 12.4 Å². The fourth-order valence-electron chi connectivity index (χ4n) is 1.75. The predicted molar refractivity (Wildman–Crippen MR) is 74.4 cm³/mol. The van der Waals surface area contributed by atoms with E-state index in [0.717, 1.165) is 18.4 Å². The minimum Gasteiger partial charge on any atom is -0.480 e. The summed E-state index contributed by atoms with van der Waals surface area (Å²) in [7, 11) is 0. The summed E-state index contributed by atoms with van der Waals surface area (Å²) in [6, 6.07) is -1.29. The summed E-state index contributed by atoms with van der Waals surface area (Å²) in [6.07, 6.45) is 5.72. The van der Waals surface area contributed by atoms with Crippen LogP contribution in [0.25, 0.3) is 0 Å². The van der Waals surface area contributed by atoms with E-state index >= 15 is 0 Å². The van der Waals surface area contributed by atoms with E-state index in [-0.39, 0.29) is 0 Å². The molecule has 0 saturated heterocycles. The number of aromatic nitrogens is 2. The SMILES string of the molecule is CCCCC(NC(=O)NCCn1cc(C)cn1)C(=O)O. The van der Waals surface area contributed by atoms with Gasteiger partial charge in [-0.15, -0.1) is 0 Å². The molecule has 0 fully saturated rings. The number of unbranched alkanes of at least 4 members (excludes halogenated alkanes) is 1. The molecule has 112 valence electrons. The number of aryl methyl sites for hydroxylation is 1. The van der Waals surface area contributed by atoms with Crippen molar-refractivity contribution in [3.63, 3.8) is 0 Å². The average Bonchev–Trinajstić information content (AvgIpc) is 2.80. The summed E-state index contributed by atoms with van der Waals surface area (Å²) in [5.41, 5.74) is 1.06. The highest BCUT2D eigenvalue weighted by Crippen LogP contribution is 2.00. The number of aliphatic carboxylic acids is 1. The highest BCUT2D eigenvalue weighted by Gasteiger charge is 2.18. The molecule has 1 heterocycles. The largest absolute Gasteiger partial charge is 0.480 e. The van der Waals surface area contributed by atoms with Crippen LogP contribution < -0.4 is 10.6 Å². The summed E-state index contributed by atoms with van der Waals surface area (Å²) in [5, 5.41) is 18.2. The number of nitrogens with one attached hydrogen (secondary N) is 2. The zero-order valence-corrected chi connectivity index (χ0v) is 11.9. The van der Waals surface area contributed by atoms with E-state index in [1.165, 1.54) is 0 Å². The van der Waals surface area contributed by atoms with E-state index in [1.54, 1.807) is 10.9 Å². The smallest absolute Gasteiger partial charge is 0.326 e. The Balaban J connectivity index is 2.28. The van der Waals surface area contributed by atoms with E-state index in [0.29, 0.717) is 19.5 Å². The molecule has 1 aromatic heterocycles. The third-order valence-corrected chi connectivity index (χ3v) is 2.84. The number of rotatable bonds is 8. The van der Waals surface area contributed by atoms with Crippen molar-refractivity contribution in [2.45, 2.75) is 45.7 Å². The molecule has 0 aliphatic carbocycles. The number of hydrogen-bond acceptors (Lipinski definition) is 3. The lowest BCUT2D eigenvalue weighted by Gasteiger charge is -2.14. The number of amides is 2. The Morgan fingerprint density at radius 2 is 2.25 bits per heavy atom. The first kappa shape index (κ1) is 16.0. The molecule has 1 aromatic rings. The van der Waals surface area contributed by atoms with Crippen LogP contribution in [0.5, 0.6) is 0 Å². The molecule has 0 bridgehead atoms. The van der Waals surface area contributed by atoms with Gasteiger partial charge in [0.05, 0.1) is 12.7 Å². The molecule has 1 rings (SSSR count). The van der Waals surface area contributed by atoms with Crippen molar-refractivity contribution in [2.24, 2.45) is 0 Å². The minimum absolute atomic E-state index is 0.396. The Hall–Kier alpha value is -2.05. The van der Waals surface area contributed by atoms with Crippen LogP contribution in [0.2, 0.25) is 0 Å². The van der Waals surface area contributed by atoms with Gasteiger partial charge in [-0.2, -0.15) is 5.10 Å². The van der Waals surface area contributed by atoms with Crippen LogP contribution in [-0.4, -0.2) is 39.5 Å². The van der Waals surface area contributed by atoms with E-state index in [2.05, 4.69) is 15.7 Å². The average molecular weight is 282 g/mol. The molecule has 2 amide bonds. The number of carbonyl (C=O) groups excluding carboxylic acids is 1. The Bertz CT molecular complexity index is 445. The fourth-order valence-corrected chi connectivity index (χ4v) is 1.75. The number of carboxylic acid groups (broad SMARTS) is 1. The van der Waals surface area contributed by atoms with Gasteiger partial charge in [0, 0.05) is 12.7 Å². The van der Waals surface area contributed by atoms with Crippen molar-refractivity contribution in [3.05, 3.63) is 18.0 Å². The first-order valence-electron chi connectivity index (χ1n) is 6.79. The molecule has 0 aliphatic rings. The monoisotopic (exact) mass is 282 g/mol. The third kappa shape index (κ3) is 5.73. The van der Waals surface area contributed by atoms with Gasteiger partial charge in [-0.1, -0.05) is 19.8 Å². The van der Waals surface area contributed by atoms with Gasteiger partial charge in [0.1, 0.15) is 6.04 Å². The standard InChI is InChI=1S/C13H22N4O3/c1-3-4-5-11(12(18)19)16-13(20)14-6-7-17-9-10(2)8-15-17/h8-9,11H,3-7H2,1-2H3,(H,18,19)(H2,14,16,20). The maximum absolute atomic E-state index is 11.6. The van der Waals surface area contributed by atoms with Gasteiger partial charge in [0.15, 0.2) is 0 Å². The van der Waals surface area contributed by atoms with E-state index < -0.39 is 18.0 Å². The quantitative estimate of drug-likeness (QED) is 0.666. The minimum atomic E-state index is -1.00. The van der Waals surface area contributed by atoms with Crippen molar-refractivity contribution in [2.75, 3.05) is 6.54 Å². The van der Waals surface area contributed by atoms with Crippen LogP contribution in [0, 0.1) is 6.92 Å². The van der Waals surface area contributed by atoms with Gasteiger partial charge >= 0.3 is 12.0 Å². The van der Waals surface area contributed by atoms with Crippen LogP contribution in [0.3, 0.4) is 0 Å². The second-order valence-electron chi connectivity index (χ2n) is 4.71. The van der Waals surface area contributed by atoms with E-state index in [1.807, 2.05) is 20.0 Å². The maximum Gasteiger partial charge on any atom is 0.326 e. The first-order valence-corrected chi connectivity index (χ1v) is 6.79. The zero-order chi connectivity index (χ0) is 15.0. The molecule has 20 heavy (non-hydrogen) atoms. The number of carbonyl (C=O) groups is 2. The Labute approximate surface area is 118 Å². The van der Waals surface area contributed by atoms with Gasteiger partial charge in [-0.05, 0) is 18.9 Å². The van der Waals surface area contributed by atoms with Crippen molar-refractivity contribution < 1.29 is 14.7 Å². The lowest BCUT2D eigenvalue weighted by molar-refractivity contribution is -0.139. The molecule has 3 N–H and O–H groups in total. The summed E-state index contributed by atoms with van der Waals surface area (Å²) < 4.78 is 1.72. The molecule has 1 atom stereocenters. The van der Waals surface area contributed by atoms with Crippen molar-refractivity contribution >= 4 is 12.0 Å². The summed E-state index contributed by atoms with van der Waals surface area (Å²) in [4.78, 5) is 22.6. The molecule has 0 saturated carbocycles. The summed E-state index contributed by atoms with van der Waals surface area (Å²) in [6.45, 7) is 4.86. The second kappa shape index (κ2) is 8.19. The fraction of sp³-hybridized carbons (Fsp3) is 0.615. The summed E-state index contributed by atoms with van der Waals surface area (Å²) >= 11 is 0. The zero-order valence-electron chi connectivity index (χ0n) is 11.9. The van der Waals surface area contributed by atoms with Crippen molar-refractivity contribution in [1.29, 1.82) is 0 Å². The van der Waals surface area contributed by atoms with Crippen LogP contribution in [-0.2, 0) is 11.3 Å². The van der Waals surface area contributed by atoms with Gasteiger partial charge < -0.3 is 15.7 Å². The predicted octanol–water partition coefficient (Wildman–Crippen LogP) is 1.13. The van der Waals surface area contributed by atoms with Gasteiger partial charge in [0.25, 0.3) is 0 Å². The molecular formula is C13H22N4O3. The highest BCUT2D eigenvalue weighted by atomic mass is 16.4. The molecule has 1 unspecified atom stereocenters. The van der Waals surface area contributed by atoms with Crippen molar-refractivity contribution in [3.8, 4) is 0 Å². The number of hydrogen-bond donors (Lipinski definition) is 3. The molecule has 0 aliphatic heterocycles. The molecule has 0 radical (unpaired) electrons. The lowest BCUT2D eigenvalue weighted by atomic mass is 10.1. The van der Waals surface area contributed by atoms with Crippen LogP contribution in [0.4, 0.5) is 4.79 Å². The second-order valence-corrected chi connectivity index (χ2v) is 4.71. The Morgan fingerprint density at radius 1 is 1.50 bits per heavy atom. The normalized spacial score (nSPS) is 11.9. The van der Waals surface area contributed by atoms with Crippen LogP contribution in [0.1, 0.15) is 31.7 Å². The van der Waals surface area contributed by atoms with E-state index in [9.17, 15) is 9.59 Å².